The van der Waals surface area contributed by atoms with Gasteiger partial charge in [0.1, 0.15) is 5.82 Å². The zero-order valence-electron chi connectivity index (χ0n) is 13.8. The maximum atomic E-state index is 12.1. The van der Waals surface area contributed by atoms with Gasteiger partial charge in [-0.05, 0) is 36.4 Å². The standard InChI is InChI=1S/C19H20N4O2/c24-18(11-15-12-25-10-9-20-15)21-14-7-5-13(6-8-14)19-22-16-3-1-2-4-17(16)23-19/h1-8,15,20H,9-12H2,(H,21,24)(H,22,23)/t15-/m1/s1. The molecular weight excluding hydrogens is 316 g/mol. The topological polar surface area (TPSA) is 79.0 Å². The number of carbonyl (C=O) groups is 1. The molecule has 1 aliphatic rings. The van der Waals surface area contributed by atoms with Crippen LogP contribution in [0.3, 0.4) is 0 Å². The summed E-state index contributed by atoms with van der Waals surface area (Å²) in [4.78, 5) is 20.0. The van der Waals surface area contributed by atoms with E-state index in [1.165, 1.54) is 0 Å². The molecule has 0 radical (unpaired) electrons. The van der Waals surface area contributed by atoms with Gasteiger partial charge in [-0.1, -0.05) is 12.1 Å². The number of rotatable bonds is 4. The Bertz CT molecular complexity index is 834. The number of aromatic nitrogens is 2. The van der Waals surface area contributed by atoms with Crippen LogP contribution in [0.5, 0.6) is 0 Å². The van der Waals surface area contributed by atoms with E-state index < -0.39 is 0 Å². The normalized spacial score (nSPS) is 17.5. The van der Waals surface area contributed by atoms with Crippen LogP contribution in [0, 0.1) is 0 Å². The van der Waals surface area contributed by atoms with Gasteiger partial charge >= 0.3 is 0 Å². The average Bonchev–Trinajstić information content (AvgIpc) is 3.07. The van der Waals surface area contributed by atoms with Gasteiger partial charge in [0.25, 0.3) is 0 Å². The van der Waals surface area contributed by atoms with E-state index in [2.05, 4.69) is 20.6 Å². The number of H-pyrrole nitrogens is 1. The van der Waals surface area contributed by atoms with E-state index >= 15 is 0 Å². The lowest BCUT2D eigenvalue weighted by Gasteiger charge is -2.23. The smallest absolute Gasteiger partial charge is 0.226 e. The Kier molecular flexibility index (Phi) is 4.45. The van der Waals surface area contributed by atoms with E-state index in [4.69, 9.17) is 4.74 Å². The highest BCUT2D eigenvalue weighted by Crippen LogP contribution is 2.22. The van der Waals surface area contributed by atoms with Gasteiger partial charge in [0.15, 0.2) is 0 Å². The van der Waals surface area contributed by atoms with Crippen LogP contribution >= 0.6 is 0 Å². The molecule has 2 heterocycles. The molecule has 128 valence electrons. The quantitative estimate of drug-likeness (QED) is 0.684. The van der Waals surface area contributed by atoms with Crippen LogP contribution in [-0.4, -0.2) is 41.7 Å². The molecule has 4 rings (SSSR count). The first-order chi connectivity index (χ1) is 12.3. The molecule has 1 aromatic heterocycles. The highest BCUT2D eigenvalue weighted by Gasteiger charge is 2.16. The summed E-state index contributed by atoms with van der Waals surface area (Å²) < 4.78 is 5.37. The number of nitrogens with one attached hydrogen (secondary N) is 3. The number of aromatic amines is 1. The van der Waals surface area contributed by atoms with Crippen molar-refractivity contribution in [3.8, 4) is 11.4 Å². The third-order valence-corrected chi connectivity index (χ3v) is 4.26. The number of anilines is 1. The Morgan fingerprint density at radius 2 is 2.04 bits per heavy atom. The fourth-order valence-electron chi connectivity index (χ4n) is 2.99. The van der Waals surface area contributed by atoms with Crippen LogP contribution in [0.2, 0.25) is 0 Å². The SMILES string of the molecule is O=C(C[C@@H]1COCCN1)Nc1ccc(-c2nc3ccccc3[nH]2)cc1. The fourth-order valence-corrected chi connectivity index (χ4v) is 2.99. The number of nitrogens with zero attached hydrogens (tertiary/aromatic N) is 1. The van der Waals surface area contributed by atoms with Crippen molar-refractivity contribution in [2.75, 3.05) is 25.1 Å². The van der Waals surface area contributed by atoms with Gasteiger partial charge in [0.2, 0.25) is 5.91 Å². The maximum Gasteiger partial charge on any atom is 0.226 e. The Morgan fingerprint density at radius 3 is 2.80 bits per heavy atom. The summed E-state index contributed by atoms with van der Waals surface area (Å²) in [6.07, 6.45) is 0.408. The predicted octanol–water partition coefficient (Wildman–Crippen LogP) is 2.55. The van der Waals surface area contributed by atoms with Crippen molar-refractivity contribution in [2.24, 2.45) is 0 Å². The van der Waals surface area contributed by atoms with Crippen molar-refractivity contribution < 1.29 is 9.53 Å². The predicted molar refractivity (Wildman–Crippen MR) is 97.4 cm³/mol. The lowest BCUT2D eigenvalue weighted by atomic mass is 10.1. The number of amides is 1. The molecule has 1 fully saturated rings. The summed E-state index contributed by atoms with van der Waals surface area (Å²) in [5.41, 5.74) is 3.72. The molecule has 0 aliphatic carbocycles. The van der Waals surface area contributed by atoms with E-state index in [1.54, 1.807) is 0 Å². The van der Waals surface area contributed by atoms with E-state index in [-0.39, 0.29) is 11.9 Å². The minimum absolute atomic E-state index is 0.0144. The lowest BCUT2D eigenvalue weighted by Crippen LogP contribution is -2.43. The first-order valence-corrected chi connectivity index (χ1v) is 8.44. The molecule has 2 aromatic carbocycles. The van der Waals surface area contributed by atoms with Crippen LogP contribution in [0.25, 0.3) is 22.4 Å². The average molecular weight is 336 g/mol. The van der Waals surface area contributed by atoms with Gasteiger partial charge in [-0.25, -0.2) is 4.98 Å². The molecule has 25 heavy (non-hydrogen) atoms. The Hall–Kier alpha value is -2.70. The molecule has 0 bridgehead atoms. The summed E-state index contributed by atoms with van der Waals surface area (Å²) in [7, 11) is 0. The molecule has 0 unspecified atom stereocenters. The summed E-state index contributed by atoms with van der Waals surface area (Å²) in [6.45, 7) is 2.09. The fraction of sp³-hybridized carbons (Fsp3) is 0.263. The summed E-state index contributed by atoms with van der Waals surface area (Å²) in [5.74, 6) is 0.808. The van der Waals surface area contributed by atoms with Gasteiger partial charge in [0, 0.05) is 30.3 Å². The molecule has 0 spiro atoms. The summed E-state index contributed by atoms with van der Waals surface area (Å²) in [6, 6.07) is 15.7. The van der Waals surface area contributed by atoms with E-state index in [9.17, 15) is 4.79 Å². The molecule has 3 aromatic rings. The molecule has 6 heteroatoms. The van der Waals surface area contributed by atoms with Crippen LogP contribution in [-0.2, 0) is 9.53 Å². The molecule has 1 saturated heterocycles. The molecule has 1 aliphatic heterocycles. The Labute approximate surface area is 145 Å². The minimum atomic E-state index is -0.0144. The molecule has 1 atom stereocenters. The van der Waals surface area contributed by atoms with Gasteiger partial charge < -0.3 is 20.4 Å². The maximum absolute atomic E-state index is 12.1. The molecular formula is C19H20N4O2. The van der Waals surface area contributed by atoms with E-state index in [0.29, 0.717) is 19.6 Å². The van der Waals surface area contributed by atoms with Crippen molar-refractivity contribution in [2.45, 2.75) is 12.5 Å². The zero-order chi connectivity index (χ0) is 17.1. The first-order valence-electron chi connectivity index (χ1n) is 8.44. The van der Waals surface area contributed by atoms with E-state index in [0.717, 1.165) is 34.7 Å². The largest absolute Gasteiger partial charge is 0.378 e. The van der Waals surface area contributed by atoms with Crippen molar-refractivity contribution in [3.05, 3.63) is 48.5 Å². The number of fused-ring (bicyclic) bond motifs is 1. The number of ether oxygens (including phenoxy) is 1. The number of morpholine rings is 1. The molecule has 6 nitrogen and oxygen atoms in total. The van der Waals surface area contributed by atoms with Crippen molar-refractivity contribution in [1.82, 2.24) is 15.3 Å². The van der Waals surface area contributed by atoms with Gasteiger partial charge in [-0.2, -0.15) is 0 Å². The van der Waals surface area contributed by atoms with Crippen LogP contribution < -0.4 is 10.6 Å². The van der Waals surface area contributed by atoms with Crippen molar-refractivity contribution in [3.63, 3.8) is 0 Å². The third kappa shape index (κ3) is 3.70. The van der Waals surface area contributed by atoms with Crippen molar-refractivity contribution in [1.29, 1.82) is 0 Å². The number of carbonyl (C=O) groups excluding carboxylic acids is 1. The Balaban J connectivity index is 1.41. The number of hydrogen-bond donors (Lipinski definition) is 3. The molecule has 3 N–H and O–H groups in total. The van der Waals surface area contributed by atoms with E-state index in [1.807, 2.05) is 48.5 Å². The molecule has 0 saturated carbocycles. The monoisotopic (exact) mass is 336 g/mol. The number of imidazole rings is 1. The minimum Gasteiger partial charge on any atom is -0.378 e. The second kappa shape index (κ2) is 7.04. The number of benzene rings is 2. The highest BCUT2D eigenvalue weighted by atomic mass is 16.5. The molecule has 1 amide bonds. The van der Waals surface area contributed by atoms with Gasteiger partial charge in [-0.15, -0.1) is 0 Å². The van der Waals surface area contributed by atoms with Gasteiger partial charge in [0.05, 0.1) is 24.2 Å². The highest BCUT2D eigenvalue weighted by molar-refractivity contribution is 5.91. The van der Waals surface area contributed by atoms with Crippen molar-refractivity contribution >= 4 is 22.6 Å². The van der Waals surface area contributed by atoms with Crippen LogP contribution in [0.4, 0.5) is 5.69 Å². The Morgan fingerprint density at radius 1 is 1.20 bits per heavy atom. The number of hydrogen-bond acceptors (Lipinski definition) is 4. The first kappa shape index (κ1) is 15.8. The third-order valence-electron chi connectivity index (χ3n) is 4.26. The summed E-state index contributed by atoms with van der Waals surface area (Å²) in [5, 5.41) is 6.21. The summed E-state index contributed by atoms with van der Waals surface area (Å²) >= 11 is 0. The lowest BCUT2D eigenvalue weighted by molar-refractivity contribution is -0.117. The zero-order valence-corrected chi connectivity index (χ0v) is 13.8. The van der Waals surface area contributed by atoms with Crippen LogP contribution in [0.15, 0.2) is 48.5 Å². The number of para-hydroxylation sites is 2. The second-order valence-electron chi connectivity index (χ2n) is 6.16. The van der Waals surface area contributed by atoms with Gasteiger partial charge in [-0.3, -0.25) is 4.79 Å². The van der Waals surface area contributed by atoms with Crippen LogP contribution in [0.1, 0.15) is 6.42 Å². The second-order valence-corrected chi connectivity index (χ2v) is 6.16.